The predicted molar refractivity (Wildman–Crippen MR) is 106 cm³/mol. The van der Waals surface area contributed by atoms with Crippen molar-refractivity contribution >= 4 is 17.6 Å². The summed E-state index contributed by atoms with van der Waals surface area (Å²) >= 11 is 0. The molecule has 5 nitrogen and oxygen atoms in total. The third kappa shape index (κ3) is 6.13. The maximum absolute atomic E-state index is 12.3. The van der Waals surface area contributed by atoms with Crippen LogP contribution in [0, 0.1) is 6.92 Å². The van der Waals surface area contributed by atoms with E-state index >= 15 is 0 Å². The second-order valence-electron chi connectivity index (χ2n) is 6.50. The Morgan fingerprint density at radius 1 is 1.07 bits per heavy atom. The van der Waals surface area contributed by atoms with Gasteiger partial charge in [0.1, 0.15) is 5.75 Å². The van der Waals surface area contributed by atoms with Gasteiger partial charge in [-0.25, -0.2) is 0 Å². The summed E-state index contributed by atoms with van der Waals surface area (Å²) in [7, 11) is 1.54. The summed E-state index contributed by atoms with van der Waals surface area (Å²) in [5.41, 5.74) is 3.88. The van der Waals surface area contributed by atoms with Gasteiger partial charge in [-0.1, -0.05) is 37.3 Å². The highest BCUT2D eigenvalue weighted by Gasteiger charge is 2.19. The number of hydrogen-bond donors (Lipinski definition) is 1. The second kappa shape index (κ2) is 9.76. The Balaban J connectivity index is 1.86. The van der Waals surface area contributed by atoms with Crippen LogP contribution in [0.4, 0.5) is 5.69 Å². The van der Waals surface area contributed by atoms with Gasteiger partial charge in [-0.3, -0.25) is 9.59 Å². The molecule has 0 heterocycles. The number of ether oxygens (including phenoxy) is 2. The Labute approximate surface area is 160 Å². The smallest absolute Gasteiger partial charge is 0.306 e. The summed E-state index contributed by atoms with van der Waals surface area (Å²) in [5.74, 6) is -0.226. The highest BCUT2D eigenvalue weighted by Crippen LogP contribution is 2.25. The third-order valence-corrected chi connectivity index (χ3v) is 4.34. The van der Waals surface area contributed by atoms with E-state index in [1.54, 1.807) is 13.0 Å². The summed E-state index contributed by atoms with van der Waals surface area (Å²) in [6, 6.07) is 13.7. The number of rotatable bonds is 8. The molecule has 0 bridgehead atoms. The first-order valence-electron chi connectivity index (χ1n) is 9.15. The number of anilines is 1. The summed E-state index contributed by atoms with van der Waals surface area (Å²) in [4.78, 5) is 24.4. The fourth-order valence-electron chi connectivity index (χ4n) is 2.65. The van der Waals surface area contributed by atoms with Crippen LogP contribution in [0.15, 0.2) is 42.5 Å². The van der Waals surface area contributed by atoms with Crippen molar-refractivity contribution in [2.45, 2.75) is 46.1 Å². The zero-order chi connectivity index (χ0) is 19.8. The predicted octanol–water partition coefficient (Wildman–Crippen LogP) is 4.07. The first-order chi connectivity index (χ1) is 12.9. The van der Waals surface area contributed by atoms with E-state index < -0.39 is 12.1 Å². The number of benzene rings is 2. The van der Waals surface area contributed by atoms with E-state index in [4.69, 9.17) is 9.47 Å². The lowest BCUT2D eigenvalue weighted by molar-refractivity contribution is -0.153. The quantitative estimate of drug-likeness (QED) is 0.713. The molecule has 144 valence electrons. The molecule has 1 amide bonds. The highest BCUT2D eigenvalue weighted by atomic mass is 16.5. The first-order valence-corrected chi connectivity index (χ1v) is 9.15. The van der Waals surface area contributed by atoms with Crippen LogP contribution in [-0.4, -0.2) is 25.1 Å². The number of nitrogens with one attached hydrogen (secondary N) is 1. The van der Waals surface area contributed by atoms with Crippen LogP contribution < -0.4 is 10.1 Å². The van der Waals surface area contributed by atoms with Crippen LogP contribution in [0.25, 0.3) is 0 Å². The van der Waals surface area contributed by atoms with Crippen molar-refractivity contribution in [1.82, 2.24) is 0 Å². The normalized spacial score (nSPS) is 11.6. The molecule has 2 aromatic carbocycles. The van der Waals surface area contributed by atoms with Gasteiger partial charge in [0.05, 0.1) is 12.8 Å². The van der Waals surface area contributed by atoms with E-state index in [9.17, 15) is 9.59 Å². The molecule has 0 aromatic heterocycles. The van der Waals surface area contributed by atoms with Crippen molar-refractivity contribution < 1.29 is 19.1 Å². The summed E-state index contributed by atoms with van der Waals surface area (Å²) in [6.45, 7) is 5.59. The molecule has 0 aliphatic rings. The van der Waals surface area contributed by atoms with E-state index in [2.05, 4.69) is 24.4 Å². The van der Waals surface area contributed by atoms with Crippen molar-refractivity contribution in [2.75, 3.05) is 12.4 Å². The minimum atomic E-state index is -0.884. The van der Waals surface area contributed by atoms with Crippen molar-refractivity contribution in [2.24, 2.45) is 0 Å². The fourth-order valence-corrected chi connectivity index (χ4v) is 2.65. The molecule has 0 saturated heterocycles. The second-order valence-corrected chi connectivity index (χ2v) is 6.50. The van der Waals surface area contributed by atoms with Gasteiger partial charge in [-0.15, -0.1) is 0 Å². The lowest BCUT2D eigenvalue weighted by Crippen LogP contribution is -2.30. The van der Waals surface area contributed by atoms with Gasteiger partial charge < -0.3 is 14.8 Å². The average molecular weight is 369 g/mol. The molecular weight excluding hydrogens is 342 g/mol. The molecule has 0 radical (unpaired) electrons. The molecule has 2 aromatic rings. The van der Waals surface area contributed by atoms with E-state index in [1.165, 1.54) is 12.7 Å². The standard InChI is InChI=1S/C22H27NO4/c1-5-17-7-9-18(10-8-17)11-13-21(24)27-16(3)22(25)23-19-14-15(2)6-12-20(19)26-4/h6-10,12,14,16H,5,11,13H2,1-4H3,(H,23,25)/t16-/m1/s1. The SMILES string of the molecule is CCc1ccc(CCC(=O)O[C@H](C)C(=O)Nc2cc(C)ccc2OC)cc1. The monoisotopic (exact) mass is 369 g/mol. The van der Waals surface area contributed by atoms with Gasteiger partial charge in [-0.2, -0.15) is 0 Å². The zero-order valence-corrected chi connectivity index (χ0v) is 16.4. The van der Waals surface area contributed by atoms with Crippen molar-refractivity contribution in [1.29, 1.82) is 0 Å². The van der Waals surface area contributed by atoms with Gasteiger partial charge in [-0.05, 0) is 55.5 Å². The Morgan fingerprint density at radius 2 is 1.74 bits per heavy atom. The highest BCUT2D eigenvalue weighted by molar-refractivity contribution is 5.96. The minimum Gasteiger partial charge on any atom is -0.495 e. The van der Waals surface area contributed by atoms with E-state index in [0.29, 0.717) is 17.9 Å². The molecule has 1 N–H and O–H groups in total. The average Bonchev–Trinajstić information content (AvgIpc) is 2.67. The number of amides is 1. The Bertz CT molecular complexity index is 783. The lowest BCUT2D eigenvalue weighted by Gasteiger charge is -2.15. The summed E-state index contributed by atoms with van der Waals surface area (Å²) < 4.78 is 10.5. The molecule has 27 heavy (non-hydrogen) atoms. The first kappa shape index (κ1) is 20.5. The van der Waals surface area contributed by atoms with Crippen molar-refractivity contribution in [3.63, 3.8) is 0 Å². The van der Waals surface area contributed by atoms with Crippen LogP contribution in [0.1, 0.15) is 37.0 Å². The molecule has 0 aliphatic heterocycles. The number of aryl methyl sites for hydroxylation is 3. The topological polar surface area (TPSA) is 64.6 Å². The van der Waals surface area contributed by atoms with Gasteiger partial charge in [0, 0.05) is 6.42 Å². The largest absolute Gasteiger partial charge is 0.495 e. The van der Waals surface area contributed by atoms with E-state index in [1.807, 2.05) is 31.2 Å². The Morgan fingerprint density at radius 3 is 2.37 bits per heavy atom. The maximum Gasteiger partial charge on any atom is 0.306 e. The van der Waals surface area contributed by atoms with Crippen molar-refractivity contribution in [3.05, 3.63) is 59.2 Å². The Hall–Kier alpha value is -2.82. The number of hydrogen-bond acceptors (Lipinski definition) is 4. The van der Waals surface area contributed by atoms with Crippen LogP contribution in [-0.2, 0) is 27.2 Å². The van der Waals surface area contributed by atoms with E-state index in [0.717, 1.165) is 17.5 Å². The molecule has 0 spiro atoms. The number of carbonyl (C=O) groups excluding carboxylic acids is 2. The molecular formula is C22H27NO4. The van der Waals surface area contributed by atoms with Gasteiger partial charge in [0.25, 0.3) is 5.91 Å². The number of carbonyl (C=O) groups is 2. The van der Waals surface area contributed by atoms with Gasteiger partial charge >= 0.3 is 5.97 Å². The summed E-state index contributed by atoms with van der Waals surface area (Å²) in [6.07, 6.45) is 0.922. The number of methoxy groups -OCH3 is 1. The fraction of sp³-hybridized carbons (Fsp3) is 0.364. The number of esters is 1. The molecule has 2 rings (SSSR count). The molecule has 5 heteroatoms. The zero-order valence-electron chi connectivity index (χ0n) is 16.4. The minimum absolute atomic E-state index is 0.233. The van der Waals surface area contributed by atoms with E-state index in [-0.39, 0.29) is 12.3 Å². The Kier molecular flexibility index (Phi) is 7.41. The van der Waals surface area contributed by atoms with Crippen LogP contribution in [0.3, 0.4) is 0 Å². The van der Waals surface area contributed by atoms with Crippen LogP contribution in [0.5, 0.6) is 5.75 Å². The van der Waals surface area contributed by atoms with Gasteiger partial charge in [0.2, 0.25) is 0 Å². The maximum atomic E-state index is 12.3. The molecule has 0 aliphatic carbocycles. The molecule has 1 atom stereocenters. The van der Waals surface area contributed by atoms with Crippen molar-refractivity contribution in [3.8, 4) is 5.75 Å². The van der Waals surface area contributed by atoms with Crippen LogP contribution in [0.2, 0.25) is 0 Å². The van der Waals surface area contributed by atoms with Gasteiger partial charge in [0.15, 0.2) is 6.10 Å². The molecule has 0 saturated carbocycles. The molecule has 0 fully saturated rings. The van der Waals surface area contributed by atoms with Crippen LogP contribution >= 0.6 is 0 Å². The third-order valence-electron chi connectivity index (χ3n) is 4.34. The lowest BCUT2D eigenvalue weighted by atomic mass is 10.1. The summed E-state index contributed by atoms with van der Waals surface area (Å²) in [5, 5.41) is 2.75. The molecule has 0 unspecified atom stereocenters.